The summed E-state index contributed by atoms with van der Waals surface area (Å²) in [5.74, 6) is -0.113. The summed E-state index contributed by atoms with van der Waals surface area (Å²) in [6, 6.07) is 12.1. The number of hydrogen-bond acceptors (Lipinski definition) is 5. The molecule has 0 bridgehead atoms. The third kappa shape index (κ3) is 9.53. The van der Waals surface area contributed by atoms with Crippen molar-refractivity contribution in [1.82, 2.24) is 10.7 Å². The SMILES string of the molecule is COCCNC(=S)N/N=C/c1ccc(C(N)=NC=Nc2ccc(OC(F)(F)F)cc2)cc1. The van der Waals surface area contributed by atoms with Gasteiger partial charge in [0.15, 0.2) is 5.11 Å². The number of halogens is 3. The van der Waals surface area contributed by atoms with Gasteiger partial charge in [0.2, 0.25) is 0 Å². The van der Waals surface area contributed by atoms with Crippen LogP contribution in [0.1, 0.15) is 11.1 Å². The molecule has 0 spiro atoms. The summed E-state index contributed by atoms with van der Waals surface area (Å²) < 4.78 is 45.2. The van der Waals surface area contributed by atoms with Gasteiger partial charge < -0.3 is 20.5 Å². The first-order valence-corrected chi connectivity index (χ1v) is 9.55. The van der Waals surface area contributed by atoms with Crippen LogP contribution in [0.15, 0.2) is 63.6 Å². The van der Waals surface area contributed by atoms with Crippen molar-refractivity contribution >= 4 is 41.4 Å². The molecule has 0 saturated carbocycles. The lowest BCUT2D eigenvalue weighted by molar-refractivity contribution is -0.274. The molecule has 0 fully saturated rings. The summed E-state index contributed by atoms with van der Waals surface area (Å²) in [6.07, 6.45) is -1.93. The highest BCUT2D eigenvalue weighted by Crippen LogP contribution is 2.24. The molecule has 4 N–H and O–H groups in total. The molecule has 8 nitrogen and oxygen atoms in total. The van der Waals surface area contributed by atoms with Crippen LogP contribution in [0, 0.1) is 0 Å². The molecule has 0 saturated heterocycles. The zero-order valence-corrected chi connectivity index (χ0v) is 17.8. The first-order valence-electron chi connectivity index (χ1n) is 9.15. The number of nitrogens with two attached hydrogens (primary N) is 1. The standard InChI is InChI=1S/C20H21F3N6O2S/c1-30-11-10-25-19(32)29-28-12-14-2-4-15(5-3-14)18(24)27-13-26-16-6-8-17(9-7-16)31-20(21,22)23/h2-9,12-13H,10-11H2,1H3,(H2,24,26,27)(H2,25,29,32)/b28-12+. The molecular weight excluding hydrogens is 445 g/mol. The molecule has 170 valence electrons. The van der Waals surface area contributed by atoms with Gasteiger partial charge in [0.25, 0.3) is 0 Å². The molecule has 0 aliphatic heterocycles. The topological polar surface area (TPSA) is 106 Å². The van der Waals surface area contributed by atoms with Crippen molar-refractivity contribution in [3.63, 3.8) is 0 Å². The lowest BCUT2D eigenvalue weighted by Gasteiger charge is -2.08. The summed E-state index contributed by atoms with van der Waals surface area (Å²) >= 11 is 5.05. The molecule has 0 aliphatic carbocycles. The van der Waals surface area contributed by atoms with Crippen LogP contribution in [0.4, 0.5) is 18.9 Å². The van der Waals surface area contributed by atoms with E-state index in [1.807, 2.05) is 0 Å². The van der Waals surface area contributed by atoms with Crippen LogP contribution in [0.5, 0.6) is 5.75 Å². The molecule has 0 heterocycles. The second-order valence-electron chi connectivity index (χ2n) is 6.04. The van der Waals surface area contributed by atoms with E-state index in [2.05, 4.69) is 30.6 Å². The highest BCUT2D eigenvalue weighted by Gasteiger charge is 2.30. The van der Waals surface area contributed by atoms with Gasteiger partial charge in [-0.3, -0.25) is 5.43 Å². The number of methoxy groups -OCH3 is 1. The number of nitrogens with one attached hydrogen (secondary N) is 2. The lowest BCUT2D eigenvalue weighted by Crippen LogP contribution is -2.34. The monoisotopic (exact) mass is 466 g/mol. The first kappa shape index (κ1) is 24.8. The van der Waals surface area contributed by atoms with Crippen molar-refractivity contribution in [3.05, 3.63) is 59.7 Å². The largest absolute Gasteiger partial charge is 0.573 e. The van der Waals surface area contributed by atoms with Gasteiger partial charge in [-0.05, 0) is 42.0 Å². The summed E-state index contributed by atoms with van der Waals surface area (Å²) in [7, 11) is 1.60. The minimum Gasteiger partial charge on any atom is -0.406 e. The van der Waals surface area contributed by atoms with E-state index in [9.17, 15) is 13.2 Å². The Morgan fingerprint density at radius 2 is 1.81 bits per heavy atom. The van der Waals surface area contributed by atoms with Crippen LogP contribution in [0.2, 0.25) is 0 Å². The molecule has 0 atom stereocenters. The highest BCUT2D eigenvalue weighted by molar-refractivity contribution is 7.80. The van der Waals surface area contributed by atoms with Crippen molar-refractivity contribution in [1.29, 1.82) is 0 Å². The van der Waals surface area contributed by atoms with Gasteiger partial charge in [-0.15, -0.1) is 13.2 Å². The second-order valence-corrected chi connectivity index (χ2v) is 6.45. The van der Waals surface area contributed by atoms with Crippen molar-refractivity contribution < 1.29 is 22.6 Å². The molecule has 0 amide bonds. The van der Waals surface area contributed by atoms with Crippen LogP contribution in [0.3, 0.4) is 0 Å². The quantitative estimate of drug-likeness (QED) is 0.172. The summed E-state index contributed by atoms with van der Waals surface area (Å²) in [4.78, 5) is 8.06. The Kier molecular flexibility index (Phi) is 9.57. The van der Waals surface area contributed by atoms with Crippen molar-refractivity contribution in [2.24, 2.45) is 20.8 Å². The van der Waals surface area contributed by atoms with Crippen LogP contribution < -0.4 is 21.2 Å². The average molecular weight is 466 g/mol. The molecule has 12 heteroatoms. The number of amidine groups is 1. The van der Waals surface area contributed by atoms with Crippen LogP contribution >= 0.6 is 12.2 Å². The summed E-state index contributed by atoms with van der Waals surface area (Å²) in [5.41, 5.74) is 10.5. The number of ether oxygens (including phenoxy) is 2. The van der Waals surface area contributed by atoms with Gasteiger partial charge in [0, 0.05) is 19.2 Å². The second kappa shape index (κ2) is 12.4. The highest BCUT2D eigenvalue weighted by atomic mass is 32.1. The maximum absolute atomic E-state index is 12.2. The van der Waals surface area contributed by atoms with E-state index in [4.69, 9.17) is 22.7 Å². The number of rotatable bonds is 9. The van der Waals surface area contributed by atoms with Gasteiger partial charge >= 0.3 is 6.36 Å². The zero-order chi connectivity index (χ0) is 23.4. The van der Waals surface area contributed by atoms with E-state index in [0.29, 0.717) is 29.5 Å². The normalized spacial score (nSPS) is 12.3. The molecular formula is C20H21F3N6O2S. The molecule has 2 aromatic rings. The Balaban J connectivity index is 1.88. The Morgan fingerprint density at radius 1 is 1.12 bits per heavy atom. The summed E-state index contributed by atoms with van der Waals surface area (Å²) in [6.45, 7) is 1.11. The number of benzene rings is 2. The van der Waals surface area contributed by atoms with Crippen LogP contribution in [-0.2, 0) is 4.74 Å². The molecule has 0 radical (unpaired) electrons. The van der Waals surface area contributed by atoms with Gasteiger partial charge in [0.1, 0.15) is 17.9 Å². The number of thiocarbonyl (C=S) groups is 1. The molecule has 0 aliphatic rings. The maximum Gasteiger partial charge on any atom is 0.573 e. The molecule has 2 aromatic carbocycles. The first-order chi connectivity index (χ1) is 15.3. The maximum atomic E-state index is 12.2. The van der Waals surface area contributed by atoms with Crippen molar-refractivity contribution in [3.8, 4) is 5.75 Å². The van der Waals surface area contributed by atoms with Crippen LogP contribution in [0.25, 0.3) is 0 Å². The Labute approximate surface area is 188 Å². The minimum absolute atomic E-state index is 0.218. The van der Waals surface area contributed by atoms with Gasteiger partial charge in [-0.2, -0.15) is 5.10 Å². The lowest BCUT2D eigenvalue weighted by atomic mass is 10.1. The van der Waals surface area contributed by atoms with Crippen molar-refractivity contribution in [2.45, 2.75) is 6.36 Å². The molecule has 2 rings (SSSR count). The molecule has 0 unspecified atom stereocenters. The van der Waals surface area contributed by atoms with Gasteiger partial charge in [-0.25, -0.2) is 9.98 Å². The van der Waals surface area contributed by atoms with Crippen molar-refractivity contribution in [2.75, 3.05) is 20.3 Å². The Bertz CT molecular complexity index is 961. The van der Waals surface area contributed by atoms with E-state index in [-0.39, 0.29) is 11.6 Å². The predicted molar refractivity (Wildman–Crippen MR) is 122 cm³/mol. The zero-order valence-electron chi connectivity index (χ0n) is 17.0. The van der Waals surface area contributed by atoms with E-state index < -0.39 is 6.36 Å². The Morgan fingerprint density at radius 3 is 2.44 bits per heavy atom. The molecule has 0 aromatic heterocycles. The van der Waals surface area contributed by atoms with E-state index >= 15 is 0 Å². The van der Waals surface area contributed by atoms with E-state index in [0.717, 1.165) is 17.7 Å². The smallest absolute Gasteiger partial charge is 0.406 e. The minimum atomic E-state index is -4.74. The summed E-state index contributed by atoms with van der Waals surface area (Å²) in [5, 5.41) is 7.34. The number of alkyl halides is 3. The third-order valence-electron chi connectivity index (χ3n) is 3.65. The fraction of sp³-hybridized carbons (Fsp3) is 0.200. The predicted octanol–water partition coefficient (Wildman–Crippen LogP) is 3.09. The third-order valence-corrected chi connectivity index (χ3v) is 3.89. The number of aliphatic imine (C=N–C) groups is 2. The average Bonchev–Trinajstić information content (AvgIpc) is 2.74. The molecule has 32 heavy (non-hydrogen) atoms. The number of nitrogens with zero attached hydrogens (tertiary/aromatic N) is 3. The number of hydrogen-bond donors (Lipinski definition) is 3. The van der Waals surface area contributed by atoms with Crippen LogP contribution in [-0.4, -0.2) is 50.1 Å². The van der Waals surface area contributed by atoms with Gasteiger partial charge in [-0.1, -0.05) is 24.3 Å². The Hall–Kier alpha value is -3.51. The van der Waals surface area contributed by atoms with E-state index in [1.165, 1.54) is 18.5 Å². The number of hydrazone groups is 1. The van der Waals surface area contributed by atoms with E-state index in [1.54, 1.807) is 37.6 Å². The van der Waals surface area contributed by atoms with Gasteiger partial charge in [0.05, 0.1) is 18.5 Å². The fourth-order valence-corrected chi connectivity index (χ4v) is 2.33. The fourth-order valence-electron chi connectivity index (χ4n) is 2.18.